The van der Waals surface area contributed by atoms with Crippen LogP contribution in [-0.4, -0.2) is 10.1 Å². The van der Waals surface area contributed by atoms with Gasteiger partial charge in [0.1, 0.15) is 0 Å². The highest BCUT2D eigenvalue weighted by Gasteiger charge is 2.09. The number of nitrogens with one attached hydrogen (secondary N) is 1. The Morgan fingerprint density at radius 2 is 1.70 bits per heavy atom. The summed E-state index contributed by atoms with van der Waals surface area (Å²) in [6, 6.07) is 14.5. The molecule has 0 saturated heterocycles. The molecule has 1 heterocycles. The first-order valence-electron chi connectivity index (χ1n) is 7.89. The van der Waals surface area contributed by atoms with Crippen molar-refractivity contribution in [2.45, 2.75) is 33.7 Å². The molecule has 0 saturated carbocycles. The Morgan fingerprint density at radius 1 is 1.00 bits per heavy atom. The van der Waals surface area contributed by atoms with E-state index in [1.54, 1.807) is 0 Å². The quantitative estimate of drug-likeness (QED) is 0.752. The molecule has 0 radical (unpaired) electrons. The van der Waals surface area contributed by atoms with Gasteiger partial charge in [-0.15, -0.1) is 0 Å². The zero-order chi connectivity index (χ0) is 16.2. The van der Waals surface area contributed by atoms with E-state index in [0.717, 1.165) is 17.7 Å². The third-order valence-corrected chi connectivity index (χ3v) is 3.99. The maximum absolute atomic E-state index is 5.35. The standard InChI is InChI=1S/C19H21N3O/c1-4-15-8-10-16(11-9-15)19-21-17(23-22-19)12-20-18-13(2)6-5-7-14(18)3/h5-11,20H,4,12H2,1-3H3. The fourth-order valence-corrected chi connectivity index (χ4v) is 2.59. The van der Waals surface area contributed by atoms with E-state index in [0.29, 0.717) is 18.3 Å². The van der Waals surface area contributed by atoms with Gasteiger partial charge >= 0.3 is 0 Å². The molecule has 0 aliphatic carbocycles. The molecule has 0 atom stereocenters. The van der Waals surface area contributed by atoms with Crippen molar-refractivity contribution in [3.63, 3.8) is 0 Å². The molecule has 4 nitrogen and oxygen atoms in total. The van der Waals surface area contributed by atoms with Crippen LogP contribution in [0.3, 0.4) is 0 Å². The van der Waals surface area contributed by atoms with E-state index < -0.39 is 0 Å². The van der Waals surface area contributed by atoms with Crippen molar-refractivity contribution in [3.8, 4) is 11.4 Å². The number of hydrogen-bond donors (Lipinski definition) is 1. The van der Waals surface area contributed by atoms with Gasteiger partial charge in [-0.2, -0.15) is 4.98 Å². The molecule has 0 aliphatic heterocycles. The van der Waals surface area contributed by atoms with Crippen LogP contribution in [0, 0.1) is 13.8 Å². The van der Waals surface area contributed by atoms with Gasteiger partial charge in [-0.3, -0.25) is 0 Å². The van der Waals surface area contributed by atoms with Crippen molar-refractivity contribution < 1.29 is 4.52 Å². The summed E-state index contributed by atoms with van der Waals surface area (Å²) in [4.78, 5) is 4.47. The summed E-state index contributed by atoms with van der Waals surface area (Å²) in [6.45, 7) is 6.83. The largest absolute Gasteiger partial charge is 0.376 e. The lowest BCUT2D eigenvalue weighted by atomic mass is 10.1. The summed E-state index contributed by atoms with van der Waals surface area (Å²) in [6.07, 6.45) is 1.03. The molecule has 0 fully saturated rings. The summed E-state index contributed by atoms with van der Waals surface area (Å²) >= 11 is 0. The van der Waals surface area contributed by atoms with Gasteiger partial charge < -0.3 is 9.84 Å². The van der Waals surface area contributed by atoms with E-state index in [1.165, 1.54) is 16.7 Å². The molecule has 118 valence electrons. The van der Waals surface area contributed by atoms with Gasteiger partial charge in [0, 0.05) is 11.3 Å². The second-order valence-corrected chi connectivity index (χ2v) is 5.68. The third kappa shape index (κ3) is 3.42. The molecule has 0 unspecified atom stereocenters. The Morgan fingerprint density at radius 3 is 2.35 bits per heavy atom. The number of anilines is 1. The van der Waals surface area contributed by atoms with E-state index in [1.807, 2.05) is 12.1 Å². The first-order chi connectivity index (χ1) is 11.2. The summed E-state index contributed by atoms with van der Waals surface area (Å²) in [7, 11) is 0. The molecule has 0 spiro atoms. The highest BCUT2D eigenvalue weighted by molar-refractivity contribution is 5.57. The number of para-hydroxylation sites is 1. The fourth-order valence-electron chi connectivity index (χ4n) is 2.59. The first-order valence-corrected chi connectivity index (χ1v) is 7.89. The minimum absolute atomic E-state index is 0.520. The lowest BCUT2D eigenvalue weighted by molar-refractivity contribution is 0.384. The number of aromatic nitrogens is 2. The molecule has 0 bridgehead atoms. The molecule has 1 N–H and O–H groups in total. The Balaban J connectivity index is 1.72. The number of aryl methyl sites for hydroxylation is 3. The number of nitrogens with zero attached hydrogens (tertiary/aromatic N) is 2. The monoisotopic (exact) mass is 307 g/mol. The first kappa shape index (κ1) is 15.3. The molecule has 3 rings (SSSR count). The van der Waals surface area contributed by atoms with Crippen LogP contribution in [0.5, 0.6) is 0 Å². The van der Waals surface area contributed by atoms with Gasteiger partial charge in [-0.1, -0.05) is 54.5 Å². The Kier molecular flexibility index (Phi) is 4.42. The van der Waals surface area contributed by atoms with Crippen LogP contribution >= 0.6 is 0 Å². The average Bonchev–Trinajstić information content (AvgIpc) is 3.03. The Bertz CT molecular complexity index is 770. The van der Waals surface area contributed by atoms with Gasteiger partial charge in [0.25, 0.3) is 0 Å². The van der Waals surface area contributed by atoms with Crippen LogP contribution in [0.4, 0.5) is 5.69 Å². The molecule has 4 heteroatoms. The highest BCUT2D eigenvalue weighted by Crippen LogP contribution is 2.21. The Hall–Kier alpha value is -2.62. The maximum Gasteiger partial charge on any atom is 0.246 e. The lowest BCUT2D eigenvalue weighted by Gasteiger charge is -2.10. The van der Waals surface area contributed by atoms with Gasteiger partial charge in [-0.25, -0.2) is 0 Å². The van der Waals surface area contributed by atoms with Gasteiger partial charge in [0.05, 0.1) is 6.54 Å². The van der Waals surface area contributed by atoms with Gasteiger partial charge in [-0.05, 0) is 37.0 Å². The van der Waals surface area contributed by atoms with Crippen LogP contribution in [0.25, 0.3) is 11.4 Å². The zero-order valence-corrected chi connectivity index (χ0v) is 13.8. The van der Waals surface area contributed by atoms with Crippen LogP contribution in [-0.2, 0) is 13.0 Å². The molecular weight excluding hydrogens is 286 g/mol. The third-order valence-electron chi connectivity index (χ3n) is 3.99. The van der Waals surface area contributed by atoms with E-state index in [9.17, 15) is 0 Å². The van der Waals surface area contributed by atoms with Crippen LogP contribution in [0.15, 0.2) is 47.0 Å². The van der Waals surface area contributed by atoms with Gasteiger partial charge in [0.15, 0.2) is 0 Å². The van der Waals surface area contributed by atoms with Gasteiger partial charge in [0.2, 0.25) is 11.7 Å². The molecule has 3 aromatic rings. The van der Waals surface area contributed by atoms with Crippen molar-refractivity contribution in [2.24, 2.45) is 0 Å². The molecule has 0 aliphatic rings. The minimum Gasteiger partial charge on any atom is -0.376 e. The lowest BCUT2D eigenvalue weighted by Crippen LogP contribution is -2.03. The van der Waals surface area contributed by atoms with E-state index in [2.05, 4.69) is 66.6 Å². The number of rotatable bonds is 5. The normalized spacial score (nSPS) is 10.7. The average molecular weight is 307 g/mol. The number of benzene rings is 2. The smallest absolute Gasteiger partial charge is 0.246 e. The molecule has 2 aromatic carbocycles. The van der Waals surface area contributed by atoms with E-state index >= 15 is 0 Å². The zero-order valence-electron chi connectivity index (χ0n) is 13.8. The fraction of sp³-hybridized carbons (Fsp3) is 0.263. The molecule has 1 aromatic heterocycles. The minimum atomic E-state index is 0.520. The second-order valence-electron chi connectivity index (χ2n) is 5.68. The van der Waals surface area contributed by atoms with Crippen molar-refractivity contribution in [1.82, 2.24) is 10.1 Å². The van der Waals surface area contributed by atoms with Crippen molar-refractivity contribution >= 4 is 5.69 Å². The predicted molar refractivity (Wildman–Crippen MR) is 92.4 cm³/mol. The second kappa shape index (κ2) is 6.65. The summed E-state index contributed by atoms with van der Waals surface area (Å²) in [5.41, 5.74) is 5.82. The van der Waals surface area contributed by atoms with Crippen LogP contribution in [0.1, 0.15) is 29.5 Å². The van der Waals surface area contributed by atoms with E-state index in [-0.39, 0.29) is 0 Å². The summed E-state index contributed by atoms with van der Waals surface area (Å²) in [5.74, 6) is 1.22. The molecule has 23 heavy (non-hydrogen) atoms. The Labute approximate surface area is 136 Å². The number of hydrogen-bond acceptors (Lipinski definition) is 4. The van der Waals surface area contributed by atoms with E-state index in [4.69, 9.17) is 4.52 Å². The molecular formula is C19H21N3O. The van der Waals surface area contributed by atoms with Crippen molar-refractivity contribution in [3.05, 3.63) is 65.0 Å². The molecule has 0 amide bonds. The van der Waals surface area contributed by atoms with Crippen molar-refractivity contribution in [2.75, 3.05) is 5.32 Å². The topological polar surface area (TPSA) is 51.0 Å². The van der Waals surface area contributed by atoms with Crippen LogP contribution < -0.4 is 5.32 Å². The van der Waals surface area contributed by atoms with Crippen LogP contribution in [0.2, 0.25) is 0 Å². The highest BCUT2D eigenvalue weighted by atomic mass is 16.5. The SMILES string of the molecule is CCc1ccc(-c2noc(CNc3c(C)cccc3C)n2)cc1. The summed E-state index contributed by atoms with van der Waals surface area (Å²) < 4.78 is 5.35. The summed E-state index contributed by atoms with van der Waals surface area (Å²) in [5, 5.41) is 7.46. The predicted octanol–water partition coefficient (Wildman–Crippen LogP) is 4.53. The maximum atomic E-state index is 5.35. The van der Waals surface area contributed by atoms with Crippen molar-refractivity contribution in [1.29, 1.82) is 0 Å².